The molecule has 3 N–H and O–H groups in total. The van der Waals surface area contributed by atoms with Crippen LogP contribution in [-0.2, 0) is 21.3 Å². The minimum Gasteiger partial charge on any atom is -0.496 e. The molecule has 0 atom stereocenters. The third-order valence-electron chi connectivity index (χ3n) is 3.37. The highest BCUT2D eigenvalue weighted by Gasteiger charge is 2.21. The maximum atomic E-state index is 12.2. The van der Waals surface area contributed by atoms with Crippen LogP contribution in [0.2, 0.25) is 0 Å². The third kappa shape index (κ3) is 4.67. The molecule has 1 aliphatic rings. The molecular weight excluding hydrogens is 292 g/mol. The second kappa shape index (κ2) is 7.22. The molecule has 0 aliphatic heterocycles. The standard InChI is InChI=1S/C14H22N2O4S/c1-19-14-5-4-13(8-12(14)9-15)21(17,18)16-6-7-20-10-11-2-3-11/h4-5,8,11,16H,2-3,6-7,9-10,15H2,1H3. The van der Waals surface area contributed by atoms with Gasteiger partial charge in [-0.05, 0) is 37.0 Å². The number of sulfonamides is 1. The molecule has 1 aromatic carbocycles. The summed E-state index contributed by atoms with van der Waals surface area (Å²) in [4.78, 5) is 0.186. The molecule has 0 bridgehead atoms. The SMILES string of the molecule is COc1ccc(S(=O)(=O)NCCOCC2CC2)cc1CN. The monoisotopic (exact) mass is 314 g/mol. The van der Waals surface area contributed by atoms with Crippen molar-refractivity contribution >= 4 is 10.0 Å². The number of hydrogen-bond acceptors (Lipinski definition) is 5. The zero-order chi connectivity index (χ0) is 15.3. The highest BCUT2D eigenvalue weighted by atomic mass is 32.2. The highest BCUT2D eigenvalue weighted by molar-refractivity contribution is 7.89. The lowest BCUT2D eigenvalue weighted by Crippen LogP contribution is -2.27. The van der Waals surface area contributed by atoms with Gasteiger partial charge in [0.25, 0.3) is 0 Å². The Kier molecular flexibility index (Phi) is 5.58. The summed E-state index contributed by atoms with van der Waals surface area (Å²) >= 11 is 0. The van der Waals surface area contributed by atoms with Crippen molar-refractivity contribution in [1.82, 2.24) is 4.72 Å². The summed E-state index contributed by atoms with van der Waals surface area (Å²) < 4.78 is 37.4. The number of nitrogens with two attached hydrogens (primary N) is 1. The fraction of sp³-hybridized carbons (Fsp3) is 0.571. The smallest absolute Gasteiger partial charge is 0.240 e. The zero-order valence-corrected chi connectivity index (χ0v) is 13.0. The first-order chi connectivity index (χ1) is 10.1. The van der Waals surface area contributed by atoms with Crippen molar-refractivity contribution in [2.75, 3.05) is 26.9 Å². The second-order valence-electron chi connectivity index (χ2n) is 5.09. The van der Waals surface area contributed by atoms with Crippen LogP contribution in [0.15, 0.2) is 23.1 Å². The normalized spacial score (nSPS) is 15.1. The molecule has 0 heterocycles. The van der Waals surface area contributed by atoms with Crippen molar-refractivity contribution in [3.63, 3.8) is 0 Å². The number of methoxy groups -OCH3 is 1. The summed E-state index contributed by atoms with van der Waals surface area (Å²) in [6.07, 6.45) is 2.44. The summed E-state index contributed by atoms with van der Waals surface area (Å²) in [5, 5.41) is 0. The van der Waals surface area contributed by atoms with Gasteiger partial charge in [-0.15, -0.1) is 0 Å². The van der Waals surface area contributed by atoms with Crippen LogP contribution in [0.5, 0.6) is 5.75 Å². The van der Waals surface area contributed by atoms with E-state index >= 15 is 0 Å². The summed E-state index contributed by atoms with van der Waals surface area (Å²) in [6, 6.07) is 4.65. The summed E-state index contributed by atoms with van der Waals surface area (Å²) in [5.74, 6) is 1.26. The molecule has 118 valence electrons. The molecular formula is C14H22N2O4S. The lowest BCUT2D eigenvalue weighted by molar-refractivity contribution is 0.129. The second-order valence-corrected chi connectivity index (χ2v) is 6.86. The van der Waals surface area contributed by atoms with Gasteiger partial charge in [-0.25, -0.2) is 13.1 Å². The lowest BCUT2D eigenvalue weighted by Gasteiger charge is -2.11. The Morgan fingerprint density at radius 2 is 2.14 bits per heavy atom. The molecule has 0 unspecified atom stereocenters. The Labute approximate surface area is 125 Å². The molecule has 0 aromatic heterocycles. The van der Waals surface area contributed by atoms with E-state index in [1.54, 1.807) is 6.07 Å². The fourth-order valence-electron chi connectivity index (χ4n) is 1.95. The number of hydrogen-bond donors (Lipinski definition) is 2. The predicted octanol–water partition coefficient (Wildman–Crippen LogP) is 0.859. The Morgan fingerprint density at radius 1 is 1.38 bits per heavy atom. The van der Waals surface area contributed by atoms with Crippen LogP contribution in [0, 0.1) is 5.92 Å². The maximum absolute atomic E-state index is 12.2. The van der Waals surface area contributed by atoms with Crippen LogP contribution >= 0.6 is 0 Å². The van der Waals surface area contributed by atoms with Crippen molar-refractivity contribution in [3.05, 3.63) is 23.8 Å². The van der Waals surface area contributed by atoms with E-state index < -0.39 is 10.0 Å². The third-order valence-corrected chi connectivity index (χ3v) is 4.83. The summed E-state index contributed by atoms with van der Waals surface area (Å²) in [7, 11) is -2.02. The largest absolute Gasteiger partial charge is 0.496 e. The molecule has 6 nitrogen and oxygen atoms in total. The van der Waals surface area contributed by atoms with Crippen molar-refractivity contribution in [1.29, 1.82) is 0 Å². The van der Waals surface area contributed by atoms with E-state index in [1.165, 1.54) is 32.1 Å². The van der Waals surface area contributed by atoms with E-state index in [4.69, 9.17) is 15.2 Å². The molecule has 7 heteroatoms. The Hall–Kier alpha value is -1.15. The zero-order valence-electron chi connectivity index (χ0n) is 12.2. The molecule has 1 aliphatic carbocycles. The predicted molar refractivity (Wildman–Crippen MR) is 79.6 cm³/mol. The minimum absolute atomic E-state index is 0.186. The van der Waals surface area contributed by atoms with E-state index in [0.29, 0.717) is 23.8 Å². The number of nitrogens with one attached hydrogen (secondary N) is 1. The van der Waals surface area contributed by atoms with Gasteiger partial charge in [0.1, 0.15) is 5.75 Å². The molecule has 1 aromatic rings. The highest BCUT2D eigenvalue weighted by Crippen LogP contribution is 2.28. The van der Waals surface area contributed by atoms with E-state index in [9.17, 15) is 8.42 Å². The average Bonchev–Trinajstić information content (AvgIpc) is 3.30. The molecule has 1 saturated carbocycles. The van der Waals surface area contributed by atoms with Gasteiger partial charge in [0, 0.05) is 25.3 Å². The first kappa shape index (κ1) is 16.2. The van der Waals surface area contributed by atoms with E-state index in [-0.39, 0.29) is 18.0 Å². The van der Waals surface area contributed by atoms with Gasteiger partial charge < -0.3 is 15.2 Å². The number of ether oxygens (including phenoxy) is 2. The van der Waals surface area contributed by atoms with Gasteiger partial charge in [-0.3, -0.25) is 0 Å². The van der Waals surface area contributed by atoms with Crippen molar-refractivity contribution in [3.8, 4) is 5.75 Å². The number of rotatable bonds is 9. The van der Waals surface area contributed by atoms with Gasteiger partial charge in [-0.1, -0.05) is 0 Å². The fourth-order valence-corrected chi connectivity index (χ4v) is 3.01. The maximum Gasteiger partial charge on any atom is 0.240 e. The van der Waals surface area contributed by atoms with Crippen LogP contribution in [0.25, 0.3) is 0 Å². The Bertz CT molecular complexity index is 570. The van der Waals surface area contributed by atoms with Crippen LogP contribution in [0.1, 0.15) is 18.4 Å². The van der Waals surface area contributed by atoms with Crippen molar-refractivity contribution < 1.29 is 17.9 Å². The average molecular weight is 314 g/mol. The van der Waals surface area contributed by atoms with Gasteiger partial charge in [0.05, 0.1) is 18.6 Å². The van der Waals surface area contributed by atoms with Crippen LogP contribution in [0.3, 0.4) is 0 Å². The van der Waals surface area contributed by atoms with E-state index in [2.05, 4.69) is 4.72 Å². The van der Waals surface area contributed by atoms with Gasteiger partial charge in [-0.2, -0.15) is 0 Å². The molecule has 0 saturated heterocycles. The van der Waals surface area contributed by atoms with Crippen LogP contribution < -0.4 is 15.2 Å². The van der Waals surface area contributed by atoms with E-state index in [1.807, 2.05) is 0 Å². The van der Waals surface area contributed by atoms with Crippen molar-refractivity contribution in [2.45, 2.75) is 24.3 Å². The topological polar surface area (TPSA) is 90.7 Å². The van der Waals surface area contributed by atoms with Crippen LogP contribution in [-0.4, -0.2) is 35.3 Å². The number of benzene rings is 1. The first-order valence-corrected chi connectivity index (χ1v) is 8.49. The summed E-state index contributed by atoms with van der Waals surface area (Å²) in [5.41, 5.74) is 6.25. The Morgan fingerprint density at radius 3 is 2.76 bits per heavy atom. The quantitative estimate of drug-likeness (QED) is 0.660. The van der Waals surface area contributed by atoms with Crippen LogP contribution in [0.4, 0.5) is 0 Å². The minimum atomic E-state index is -3.54. The van der Waals surface area contributed by atoms with Gasteiger partial charge in [0.2, 0.25) is 10.0 Å². The van der Waals surface area contributed by atoms with Gasteiger partial charge in [0.15, 0.2) is 0 Å². The molecule has 21 heavy (non-hydrogen) atoms. The Balaban J connectivity index is 1.91. The first-order valence-electron chi connectivity index (χ1n) is 7.01. The van der Waals surface area contributed by atoms with Crippen molar-refractivity contribution in [2.24, 2.45) is 11.7 Å². The summed E-state index contributed by atoms with van der Waals surface area (Å²) in [6.45, 7) is 1.59. The lowest BCUT2D eigenvalue weighted by atomic mass is 10.2. The molecule has 2 rings (SSSR count). The molecule has 0 radical (unpaired) electrons. The molecule has 1 fully saturated rings. The molecule has 0 amide bonds. The molecule has 0 spiro atoms. The van der Waals surface area contributed by atoms with Gasteiger partial charge >= 0.3 is 0 Å². The van der Waals surface area contributed by atoms with E-state index in [0.717, 1.165) is 6.61 Å².